The highest BCUT2D eigenvalue weighted by molar-refractivity contribution is 14.0. The zero-order valence-electron chi connectivity index (χ0n) is 18.4. The molecule has 0 spiro atoms. The second-order valence-corrected chi connectivity index (χ2v) is 8.06. The van der Waals surface area contributed by atoms with Crippen molar-refractivity contribution in [2.24, 2.45) is 12.0 Å². The number of guanidine groups is 1. The van der Waals surface area contributed by atoms with Gasteiger partial charge in [-0.2, -0.15) is 16.9 Å². The minimum Gasteiger partial charge on any atom is -0.356 e. The molecule has 0 aliphatic carbocycles. The van der Waals surface area contributed by atoms with Gasteiger partial charge < -0.3 is 15.2 Å². The third kappa shape index (κ3) is 7.23. The van der Waals surface area contributed by atoms with Gasteiger partial charge in [-0.1, -0.05) is 12.1 Å². The van der Waals surface area contributed by atoms with Crippen LogP contribution in [0.3, 0.4) is 0 Å². The van der Waals surface area contributed by atoms with Crippen LogP contribution in [0, 0.1) is 6.92 Å². The van der Waals surface area contributed by atoms with Crippen molar-refractivity contribution in [1.29, 1.82) is 0 Å². The van der Waals surface area contributed by atoms with E-state index in [9.17, 15) is 0 Å². The monoisotopic (exact) mass is 554 g/mol. The third-order valence-electron chi connectivity index (χ3n) is 4.87. The summed E-state index contributed by atoms with van der Waals surface area (Å²) in [7, 11) is 1.96. The number of halogens is 1. The minimum atomic E-state index is 0. The van der Waals surface area contributed by atoms with Crippen LogP contribution in [0.5, 0.6) is 0 Å². The lowest BCUT2D eigenvalue weighted by Crippen LogP contribution is -2.39. The van der Waals surface area contributed by atoms with E-state index in [2.05, 4.69) is 63.4 Å². The second-order valence-electron chi connectivity index (χ2n) is 7.07. The zero-order chi connectivity index (χ0) is 21.3. The molecule has 168 valence electrons. The molecule has 0 bridgehead atoms. The number of thioether (sulfide) groups is 1. The molecule has 2 heterocycles. The lowest BCUT2D eigenvalue weighted by molar-refractivity contribution is 0.672. The van der Waals surface area contributed by atoms with Crippen molar-refractivity contribution in [3.05, 3.63) is 59.9 Å². The number of aromatic nitrogens is 5. The zero-order valence-corrected chi connectivity index (χ0v) is 21.6. The molecule has 0 aliphatic heterocycles. The summed E-state index contributed by atoms with van der Waals surface area (Å²) in [5.41, 5.74) is 2.20. The number of aliphatic imine (C=N–C) groups is 1. The maximum atomic E-state index is 4.75. The predicted octanol–water partition coefficient (Wildman–Crippen LogP) is 3.48. The van der Waals surface area contributed by atoms with Crippen LogP contribution in [-0.2, 0) is 13.6 Å². The fourth-order valence-corrected chi connectivity index (χ4v) is 3.39. The van der Waals surface area contributed by atoms with Gasteiger partial charge in [0.2, 0.25) is 0 Å². The molecule has 1 unspecified atom stereocenters. The summed E-state index contributed by atoms with van der Waals surface area (Å²) in [4.78, 5) is 4.75. The van der Waals surface area contributed by atoms with E-state index in [0.717, 1.165) is 47.6 Å². The Bertz CT molecular complexity index is 954. The average Bonchev–Trinajstić information content (AvgIpc) is 3.40. The fourth-order valence-electron chi connectivity index (χ4n) is 2.96. The topological polar surface area (TPSA) is 85.0 Å². The molecule has 0 amide bonds. The quantitative estimate of drug-likeness (QED) is 0.183. The average molecular weight is 555 g/mol. The van der Waals surface area contributed by atoms with E-state index < -0.39 is 0 Å². The van der Waals surface area contributed by atoms with Crippen LogP contribution >= 0.6 is 35.7 Å². The Labute approximate surface area is 205 Å². The largest absolute Gasteiger partial charge is 0.356 e. The van der Waals surface area contributed by atoms with Crippen molar-refractivity contribution in [2.45, 2.75) is 32.9 Å². The number of nitrogens with zero attached hydrogens (tertiary/aromatic N) is 6. The molecule has 10 heteroatoms. The van der Waals surface area contributed by atoms with Gasteiger partial charge in [0.15, 0.2) is 11.8 Å². The molecule has 0 fully saturated rings. The van der Waals surface area contributed by atoms with Gasteiger partial charge >= 0.3 is 0 Å². The molecule has 2 aromatic heterocycles. The Morgan fingerprint density at radius 3 is 2.77 bits per heavy atom. The maximum absolute atomic E-state index is 4.75. The van der Waals surface area contributed by atoms with Crippen LogP contribution < -0.4 is 10.6 Å². The predicted molar refractivity (Wildman–Crippen MR) is 138 cm³/mol. The summed E-state index contributed by atoms with van der Waals surface area (Å²) < 4.78 is 3.83. The number of rotatable bonds is 9. The number of hydrogen-bond acceptors (Lipinski definition) is 5. The molecule has 8 nitrogen and oxygen atoms in total. The summed E-state index contributed by atoms with van der Waals surface area (Å²) in [6, 6.07) is 10.4. The molecule has 0 aliphatic rings. The van der Waals surface area contributed by atoms with E-state index in [1.54, 1.807) is 6.20 Å². The van der Waals surface area contributed by atoms with Gasteiger partial charge in [-0.3, -0.25) is 0 Å². The first-order valence-corrected chi connectivity index (χ1v) is 11.5. The first-order valence-electron chi connectivity index (χ1n) is 10.1. The second kappa shape index (κ2) is 12.7. The molecule has 31 heavy (non-hydrogen) atoms. The van der Waals surface area contributed by atoms with E-state index in [4.69, 9.17) is 4.99 Å². The number of hydrogen-bond donors (Lipinski definition) is 2. The Morgan fingerprint density at radius 2 is 2.10 bits per heavy atom. The molecule has 3 aromatic rings. The Hall–Kier alpha value is -2.08. The van der Waals surface area contributed by atoms with Crippen LogP contribution in [0.2, 0.25) is 0 Å². The standard InChI is InChI=1S/C21H30N8S.HI/c1-16(18-8-5-9-19(14-18)29-12-6-11-24-29)25-21(22-10-7-13-30-4)23-15-20-27-26-17(2)28(20)3;/h5-6,8-9,11-12,14,16H,7,10,13,15H2,1-4H3,(H2,22,23,25);1H. The summed E-state index contributed by atoms with van der Waals surface area (Å²) in [5.74, 6) is 3.61. The van der Waals surface area contributed by atoms with Crippen molar-refractivity contribution < 1.29 is 0 Å². The van der Waals surface area contributed by atoms with Crippen LogP contribution in [0.1, 0.15) is 36.6 Å². The molecular weight excluding hydrogens is 523 g/mol. The Morgan fingerprint density at radius 1 is 1.26 bits per heavy atom. The van der Waals surface area contributed by atoms with E-state index >= 15 is 0 Å². The Kier molecular flexibility index (Phi) is 10.3. The van der Waals surface area contributed by atoms with Gasteiger partial charge in [0, 0.05) is 26.0 Å². The molecule has 2 N–H and O–H groups in total. The molecule has 0 saturated heterocycles. The van der Waals surface area contributed by atoms with E-state index in [1.165, 1.54) is 0 Å². The fraction of sp³-hybridized carbons (Fsp3) is 0.429. The van der Waals surface area contributed by atoms with Gasteiger partial charge in [-0.05, 0) is 56.0 Å². The van der Waals surface area contributed by atoms with Crippen molar-refractivity contribution in [2.75, 3.05) is 18.6 Å². The molecule has 1 aromatic carbocycles. The lowest BCUT2D eigenvalue weighted by Gasteiger charge is -2.19. The van der Waals surface area contributed by atoms with E-state index in [1.807, 2.05) is 47.2 Å². The highest BCUT2D eigenvalue weighted by atomic mass is 127. The summed E-state index contributed by atoms with van der Waals surface area (Å²) in [6.45, 7) is 5.41. The molecular formula is C21H31IN8S. The highest BCUT2D eigenvalue weighted by Gasteiger charge is 2.11. The van der Waals surface area contributed by atoms with Gasteiger partial charge in [-0.15, -0.1) is 34.2 Å². The van der Waals surface area contributed by atoms with Crippen LogP contribution in [0.4, 0.5) is 0 Å². The van der Waals surface area contributed by atoms with Crippen molar-refractivity contribution >= 4 is 41.7 Å². The summed E-state index contributed by atoms with van der Waals surface area (Å²) in [6.07, 6.45) is 6.93. The van der Waals surface area contributed by atoms with Gasteiger partial charge in [0.05, 0.1) is 11.7 Å². The Balaban J connectivity index is 0.00000341. The van der Waals surface area contributed by atoms with Crippen molar-refractivity contribution in [3.63, 3.8) is 0 Å². The summed E-state index contributed by atoms with van der Waals surface area (Å²) in [5, 5.41) is 19.6. The molecule has 3 rings (SSSR count). The minimum absolute atomic E-state index is 0. The molecule has 0 radical (unpaired) electrons. The SMILES string of the molecule is CSCCCNC(=NCc1nnc(C)n1C)NC(C)c1cccc(-n2cccn2)c1.I. The molecule has 1 atom stereocenters. The number of nitrogens with one attached hydrogen (secondary N) is 2. The maximum Gasteiger partial charge on any atom is 0.192 e. The first-order chi connectivity index (χ1) is 14.6. The normalized spacial score (nSPS) is 12.3. The van der Waals surface area contributed by atoms with Crippen molar-refractivity contribution in [3.8, 4) is 5.69 Å². The van der Waals surface area contributed by atoms with Gasteiger partial charge in [0.1, 0.15) is 12.4 Å². The van der Waals surface area contributed by atoms with Crippen LogP contribution in [0.25, 0.3) is 5.69 Å². The van der Waals surface area contributed by atoms with Gasteiger partial charge in [0.25, 0.3) is 0 Å². The summed E-state index contributed by atoms with van der Waals surface area (Å²) >= 11 is 1.85. The van der Waals surface area contributed by atoms with Crippen molar-refractivity contribution in [1.82, 2.24) is 35.2 Å². The first kappa shape index (κ1) is 25.2. The van der Waals surface area contributed by atoms with E-state index in [-0.39, 0.29) is 30.0 Å². The van der Waals surface area contributed by atoms with Gasteiger partial charge in [-0.25, -0.2) is 9.67 Å². The van der Waals surface area contributed by atoms with E-state index in [0.29, 0.717) is 6.54 Å². The lowest BCUT2D eigenvalue weighted by atomic mass is 10.1. The highest BCUT2D eigenvalue weighted by Crippen LogP contribution is 2.16. The number of aryl methyl sites for hydroxylation is 1. The third-order valence-corrected chi connectivity index (χ3v) is 5.57. The van der Waals surface area contributed by atoms with Crippen LogP contribution in [0.15, 0.2) is 47.7 Å². The van der Waals surface area contributed by atoms with Crippen LogP contribution in [-0.4, -0.2) is 49.1 Å². The molecule has 0 saturated carbocycles. The number of benzene rings is 1. The smallest absolute Gasteiger partial charge is 0.192 e.